The Bertz CT molecular complexity index is 1400. The van der Waals surface area contributed by atoms with Gasteiger partial charge in [0.15, 0.2) is 0 Å². The minimum absolute atomic E-state index is 0.129. The zero-order valence-corrected chi connectivity index (χ0v) is 19.1. The monoisotopic (exact) mass is 458 g/mol. The maximum atomic E-state index is 13.2. The Morgan fingerprint density at radius 3 is 2.79 bits per heavy atom. The molecule has 1 fully saturated rings. The smallest absolute Gasteiger partial charge is 0.264 e. The van der Waals surface area contributed by atoms with Gasteiger partial charge in [0.2, 0.25) is 5.95 Å². The van der Waals surface area contributed by atoms with Crippen molar-refractivity contribution < 1.29 is 9.47 Å². The molecule has 0 bridgehead atoms. The number of methoxy groups -OCH3 is 1. The number of aromatic nitrogens is 4. The molecule has 2 N–H and O–H groups in total. The van der Waals surface area contributed by atoms with E-state index in [-0.39, 0.29) is 11.6 Å². The van der Waals surface area contributed by atoms with E-state index in [9.17, 15) is 4.79 Å². The molecule has 9 nitrogen and oxygen atoms in total. The molecule has 9 heteroatoms. The van der Waals surface area contributed by atoms with Gasteiger partial charge < -0.3 is 20.1 Å². The number of hydrogen-bond acceptors (Lipinski definition) is 8. The van der Waals surface area contributed by atoms with Crippen molar-refractivity contribution in [3.63, 3.8) is 0 Å². The van der Waals surface area contributed by atoms with Crippen LogP contribution in [-0.2, 0) is 11.8 Å². The fourth-order valence-corrected chi connectivity index (χ4v) is 4.39. The summed E-state index contributed by atoms with van der Waals surface area (Å²) in [5.74, 6) is 2.32. The van der Waals surface area contributed by atoms with Crippen molar-refractivity contribution in [2.24, 2.45) is 7.05 Å². The second-order valence-corrected chi connectivity index (χ2v) is 8.35. The lowest BCUT2D eigenvalue weighted by Crippen LogP contribution is -2.38. The van der Waals surface area contributed by atoms with Crippen LogP contribution >= 0.6 is 0 Å². The number of hydrogen-bond donors (Lipinski definition) is 1. The third-order valence-electron chi connectivity index (χ3n) is 6.06. The van der Waals surface area contributed by atoms with E-state index in [0.29, 0.717) is 41.1 Å². The van der Waals surface area contributed by atoms with Crippen LogP contribution in [0.15, 0.2) is 59.7 Å². The molecule has 0 unspecified atom stereocenters. The second-order valence-electron chi connectivity index (χ2n) is 8.35. The van der Waals surface area contributed by atoms with E-state index < -0.39 is 0 Å². The highest BCUT2D eigenvalue weighted by molar-refractivity contribution is 5.83. The van der Waals surface area contributed by atoms with E-state index in [0.717, 1.165) is 30.3 Å². The van der Waals surface area contributed by atoms with Gasteiger partial charge in [-0.15, -0.1) is 0 Å². The average molecular weight is 459 g/mol. The van der Waals surface area contributed by atoms with Gasteiger partial charge in [0.25, 0.3) is 5.56 Å². The summed E-state index contributed by atoms with van der Waals surface area (Å²) in [6, 6.07) is 13.0. The number of rotatable bonds is 6. The fourth-order valence-electron chi connectivity index (χ4n) is 4.39. The molecule has 174 valence electrons. The Kier molecular flexibility index (Phi) is 5.85. The van der Waals surface area contributed by atoms with Crippen molar-refractivity contribution in [2.45, 2.75) is 18.9 Å². The lowest BCUT2D eigenvalue weighted by Gasteiger charge is -2.26. The summed E-state index contributed by atoms with van der Waals surface area (Å²) in [6.45, 7) is 1.47. The van der Waals surface area contributed by atoms with Crippen LogP contribution in [0.25, 0.3) is 22.2 Å². The molecule has 0 amide bonds. The van der Waals surface area contributed by atoms with Crippen LogP contribution in [0, 0.1) is 0 Å². The van der Waals surface area contributed by atoms with Gasteiger partial charge >= 0.3 is 0 Å². The molecule has 1 saturated heterocycles. The molecule has 0 spiro atoms. The number of pyridine rings is 2. The first kappa shape index (κ1) is 21.8. The molecule has 0 aliphatic carbocycles. The summed E-state index contributed by atoms with van der Waals surface area (Å²) in [4.78, 5) is 28.7. The number of benzene rings is 1. The van der Waals surface area contributed by atoms with Crippen LogP contribution in [0.4, 0.5) is 11.8 Å². The molecular weight excluding hydrogens is 432 g/mol. The summed E-state index contributed by atoms with van der Waals surface area (Å²) in [5, 5.41) is 0.893. The van der Waals surface area contributed by atoms with Crippen LogP contribution in [0.2, 0.25) is 0 Å². The van der Waals surface area contributed by atoms with Gasteiger partial charge in [-0.05, 0) is 43.2 Å². The highest BCUT2D eigenvalue weighted by Crippen LogP contribution is 2.28. The van der Waals surface area contributed by atoms with Gasteiger partial charge in [-0.3, -0.25) is 9.36 Å². The first-order chi connectivity index (χ1) is 16.5. The summed E-state index contributed by atoms with van der Waals surface area (Å²) < 4.78 is 12.8. The molecule has 34 heavy (non-hydrogen) atoms. The maximum absolute atomic E-state index is 13.2. The predicted octanol–water partition coefficient (Wildman–Crippen LogP) is 3.38. The molecule has 1 aromatic carbocycles. The molecule has 4 heterocycles. The SMILES string of the molecule is COC[C@H]1CCCN1c1ncc(-c2ccc3cc(Oc4ccnc(N)c4)ccc3n2)c(=O)n1C. The lowest BCUT2D eigenvalue weighted by atomic mass is 10.1. The molecule has 4 aromatic rings. The first-order valence-electron chi connectivity index (χ1n) is 11.2. The first-order valence-corrected chi connectivity index (χ1v) is 11.2. The second kappa shape index (κ2) is 9.11. The Labute approximate surface area is 196 Å². The van der Waals surface area contributed by atoms with Crippen LogP contribution in [0.3, 0.4) is 0 Å². The minimum atomic E-state index is -0.129. The van der Waals surface area contributed by atoms with Crippen LogP contribution in [0.1, 0.15) is 12.8 Å². The Hall–Kier alpha value is -3.98. The summed E-state index contributed by atoms with van der Waals surface area (Å²) in [5.41, 5.74) is 7.39. The van der Waals surface area contributed by atoms with Crippen molar-refractivity contribution in [1.82, 2.24) is 19.5 Å². The van der Waals surface area contributed by atoms with E-state index in [1.54, 1.807) is 43.3 Å². The van der Waals surface area contributed by atoms with Gasteiger partial charge in [0.1, 0.15) is 17.3 Å². The van der Waals surface area contributed by atoms with E-state index in [1.807, 2.05) is 30.3 Å². The van der Waals surface area contributed by atoms with Gasteiger partial charge in [-0.25, -0.2) is 15.0 Å². The van der Waals surface area contributed by atoms with Crippen molar-refractivity contribution in [3.8, 4) is 22.8 Å². The van der Waals surface area contributed by atoms with Gasteiger partial charge in [-0.2, -0.15) is 0 Å². The largest absolute Gasteiger partial charge is 0.457 e. The van der Waals surface area contributed by atoms with Crippen LogP contribution in [0.5, 0.6) is 11.5 Å². The minimum Gasteiger partial charge on any atom is -0.457 e. The number of anilines is 2. The maximum Gasteiger partial charge on any atom is 0.264 e. The molecule has 0 radical (unpaired) electrons. The van der Waals surface area contributed by atoms with Crippen molar-refractivity contribution in [2.75, 3.05) is 30.9 Å². The van der Waals surface area contributed by atoms with Gasteiger partial charge in [0.05, 0.1) is 29.4 Å². The zero-order valence-electron chi connectivity index (χ0n) is 19.1. The quantitative estimate of drug-likeness (QED) is 0.468. The molecular formula is C25H26N6O3. The fraction of sp³-hybridized carbons (Fsp3) is 0.280. The zero-order chi connectivity index (χ0) is 23.7. The topological polar surface area (TPSA) is 108 Å². The third-order valence-corrected chi connectivity index (χ3v) is 6.06. The highest BCUT2D eigenvalue weighted by Gasteiger charge is 2.28. The molecule has 1 atom stereocenters. The predicted molar refractivity (Wildman–Crippen MR) is 131 cm³/mol. The number of ether oxygens (including phenoxy) is 2. The summed E-state index contributed by atoms with van der Waals surface area (Å²) >= 11 is 0. The number of fused-ring (bicyclic) bond motifs is 1. The van der Waals surface area contributed by atoms with E-state index in [2.05, 4.69) is 14.9 Å². The van der Waals surface area contributed by atoms with E-state index >= 15 is 0 Å². The van der Waals surface area contributed by atoms with Crippen LogP contribution in [-0.4, -0.2) is 45.8 Å². The summed E-state index contributed by atoms with van der Waals surface area (Å²) in [6.07, 6.45) is 5.30. The molecule has 1 aliphatic rings. The number of nitrogens with two attached hydrogens (primary N) is 1. The Morgan fingerprint density at radius 1 is 1.12 bits per heavy atom. The standard InChI is InChI=1S/C25H26N6O3/c1-30-24(32)20(14-28-25(30)31-11-3-4-17(31)15-33-2)22-7-5-16-12-18(6-8-21(16)29-22)34-19-9-10-27-23(26)13-19/h5-10,12-14,17H,3-4,11,15H2,1-2H3,(H2,26,27)/t17-/m1/s1. The van der Waals surface area contributed by atoms with Crippen LogP contribution < -0.4 is 20.9 Å². The Balaban J connectivity index is 1.44. The normalized spacial score (nSPS) is 15.7. The lowest BCUT2D eigenvalue weighted by molar-refractivity contribution is 0.180. The highest BCUT2D eigenvalue weighted by atomic mass is 16.5. The van der Waals surface area contributed by atoms with Crippen molar-refractivity contribution in [3.05, 3.63) is 65.2 Å². The number of nitrogens with zero attached hydrogens (tertiary/aromatic N) is 5. The van der Waals surface area contributed by atoms with Crippen molar-refractivity contribution >= 4 is 22.7 Å². The summed E-state index contributed by atoms with van der Waals surface area (Å²) in [7, 11) is 3.45. The number of nitrogen functional groups attached to an aromatic ring is 1. The molecule has 5 rings (SSSR count). The van der Waals surface area contributed by atoms with Crippen molar-refractivity contribution in [1.29, 1.82) is 0 Å². The Morgan fingerprint density at radius 2 is 1.97 bits per heavy atom. The van der Waals surface area contributed by atoms with E-state index in [1.165, 1.54) is 0 Å². The van der Waals surface area contributed by atoms with Gasteiger partial charge in [0, 0.05) is 44.5 Å². The molecule has 3 aromatic heterocycles. The average Bonchev–Trinajstić information content (AvgIpc) is 3.29. The third kappa shape index (κ3) is 4.17. The molecule has 1 aliphatic heterocycles. The molecule has 0 saturated carbocycles. The van der Waals surface area contributed by atoms with E-state index in [4.69, 9.17) is 20.2 Å². The van der Waals surface area contributed by atoms with Gasteiger partial charge in [-0.1, -0.05) is 6.07 Å².